The van der Waals surface area contributed by atoms with E-state index in [0.717, 1.165) is 48.5 Å². The first-order valence-electron chi connectivity index (χ1n) is 14.3. The number of benzene rings is 2. The van der Waals surface area contributed by atoms with Gasteiger partial charge in [-0.25, -0.2) is 22.3 Å². The zero-order valence-electron chi connectivity index (χ0n) is 22.9. The maximum absolute atomic E-state index is 13.6. The third kappa shape index (κ3) is 7.78. The molecule has 2 aromatic rings. The van der Waals surface area contributed by atoms with Gasteiger partial charge in [0.15, 0.2) is 0 Å². The highest BCUT2D eigenvalue weighted by Gasteiger charge is 2.43. The van der Waals surface area contributed by atoms with E-state index in [0.29, 0.717) is 0 Å². The highest BCUT2D eigenvalue weighted by Crippen LogP contribution is 2.25. The third-order valence-electron chi connectivity index (χ3n) is 7.58. The maximum Gasteiger partial charge on any atom is 0.259 e. The topological polar surface area (TPSA) is 116 Å². The summed E-state index contributed by atoms with van der Waals surface area (Å²) in [4.78, 5) is 13.7. The van der Waals surface area contributed by atoms with Crippen molar-refractivity contribution in [1.29, 1.82) is 0 Å². The molecule has 40 heavy (non-hydrogen) atoms. The summed E-state index contributed by atoms with van der Waals surface area (Å²) in [7, 11) is -7.98. The Kier molecular flexibility index (Phi) is 10.9. The van der Waals surface area contributed by atoms with E-state index in [-0.39, 0.29) is 29.4 Å². The van der Waals surface area contributed by atoms with E-state index in [1.165, 1.54) is 60.7 Å². The lowest BCUT2D eigenvalue weighted by Crippen LogP contribution is -2.60. The van der Waals surface area contributed by atoms with Crippen molar-refractivity contribution >= 4 is 31.7 Å². The van der Waals surface area contributed by atoms with Crippen LogP contribution in [0.2, 0.25) is 0 Å². The van der Waals surface area contributed by atoms with Crippen molar-refractivity contribution in [2.75, 3.05) is 19.6 Å². The second-order valence-electron chi connectivity index (χ2n) is 10.5. The molecule has 1 heterocycles. The molecule has 1 saturated heterocycles. The second-order valence-corrected chi connectivity index (χ2v) is 14.3. The normalized spacial score (nSPS) is 21.1. The van der Waals surface area contributed by atoms with Crippen LogP contribution < -0.4 is 5.43 Å². The fourth-order valence-corrected chi connectivity index (χ4v) is 8.32. The Morgan fingerprint density at radius 1 is 0.675 bits per heavy atom. The van der Waals surface area contributed by atoms with Gasteiger partial charge in [0, 0.05) is 25.3 Å². The van der Waals surface area contributed by atoms with E-state index in [9.17, 15) is 21.6 Å². The molecule has 0 spiro atoms. The summed E-state index contributed by atoms with van der Waals surface area (Å²) >= 11 is 0. The quantitative estimate of drug-likeness (QED) is 0.498. The number of hydrazone groups is 1. The summed E-state index contributed by atoms with van der Waals surface area (Å²) < 4.78 is 56.2. The van der Waals surface area contributed by atoms with Crippen LogP contribution in [0.15, 0.2) is 75.6 Å². The molecule has 9 nitrogen and oxygen atoms in total. The van der Waals surface area contributed by atoms with Crippen molar-refractivity contribution in [3.63, 3.8) is 0 Å². The molecular formula is C29H40N4O5S2. The van der Waals surface area contributed by atoms with E-state index in [4.69, 9.17) is 0 Å². The first-order valence-corrected chi connectivity index (χ1v) is 17.2. The van der Waals surface area contributed by atoms with Crippen LogP contribution in [0.25, 0.3) is 0 Å². The van der Waals surface area contributed by atoms with Crippen LogP contribution in [0.3, 0.4) is 0 Å². The molecule has 0 radical (unpaired) electrons. The zero-order chi connectivity index (χ0) is 28.4. The molecular weight excluding hydrogens is 548 g/mol. The number of nitrogens with zero attached hydrogens (tertiary/aromatic N) is 3. The fourth-order valence-electron chi connectivity index (χ4n) is 5.27. The van der Waals surface area contributed by atoms with Gasteiger partial charge >= 0.3 is 0 Å². The van der Waals surface area contributed by atoms with Gasteiger partial charge in [0.1, 0.15) is 6.04 Å². The Bertz CT molecular complexity index is 1340. The molecule has 1 N–H and O–H groups in total. The van der Waals surface area contributed by atoms with Gasteiger partial charge in [-0.1, -0.05) is 81.3 Å². The molecule has 11 heteroatoms. The molecule has 1 atom stereocenters. The predicted octanol–water partition coefficient (Wildman–Crippen LogP) is 4.53. The summed E-state index contributed by atoms with van der Waals surface area (Å²) in [5.74, 6) is -0.633. The molecule has 2 aromatic carbocycles. The minimum atomic E-state index is -4.06. The molecule has 2 aliphatic rings. The van der Waals surface area contributed by atoms with Gasteiger partial charge < -0.3 is 0 Å². The van der Waals surface area contributed by atoms with Crippen LogP contribution in [0.5, 0.6) is 0 Å². The molecule has 0 aromatic heterocycles. The van der Waals surface area contributed by atoms with Crippen molar-refractivity contribution in [1.82, 2.24) is 14.0 Å². The fraction of sp³-hybridized carbons (Fsp3) is 0.517. The first kappa shape index (κ1) is 30.4. The summed E-state index contributed by atoms with van der Waals surface area (Å²) in [5.41, 5.74) is 3.52. The number of carbonyl (C=O) groups is 1. The first-order chi connectivity index (χ1) is 19.3. The maximum atomic E-state index is 13.6. The molecule has 4 rings (SSSR count). The van der Waals surface area contributed by atoms with Gasteiger partial charge in [0.25, 0.3) is 5.91 Å². The van der Waals surface area contributed by atoms with E-state index < -0.39 is 32.0 Å². The Labute approximate surface area is 238 Å². The van der Waals surface area contributed by atoms with E-state index in [1.807, 2.05) is 0 Å². The van der Waals surface area contributed by atoms with Crippen LogP contribution in [0.1, 0.15) is 70.6 Å². The molecule has 1 saturated carbocycles. The van der Waals surface area contributed by atoms with Crippen molar-refractivity contribution in [3.8, 4) is 0 Å². The Morgan fingerprint density at radius 2 is 1.15 bits per heavy atom. The van der Waals surface area contributed by atoms with Crippen LogP contribution >= 0.6 is 0 Å². The lowest BCUT2D eigenvalue weighted by Gasteiger charge is -2.38. The van der Waals surface area contributed by atoms with Crippen LogP contribution in [-0.4, -0.2) is 62.7 Å². The smallest absolute Gasteiger partial charge is 0.259 e. The largest absolute Gasteiger partial charge is 0.271 e. The molecule has 0 unspecified atom stereocenters. The number of carbonyl (C=O) groups excluding carboxylic acids is 1. The number of sulfonamides is 2. The van der Waals surface area contributed by atoms with E-state index >= 15 is 0 Å². The van der Waals surface area contributed by atoms with Gasteiger partial charge in [-0.3, -0.25) is 4.79 Å². The Morgan fingerprint density at radius 3 is 1.68 bits per heavy atom. The minimum Gasteiger partial charge on any atom is -0.271 e. The van der Waals surface area contributed by atoms with Crippen molar-refractivity contribution in [3.05, 3.63) is 60.7 Å². The number of rotatable bonds is 6. The second kappa shape index (κ2) is 14.3. The molecule has 1 aliphatic heterocycles. The minimum absolute atomic E-state index is 0.0535. The highest BCUT2D eigenvalue weighted by molar-refractivity contribution is 7.89. The summed E-state index contributed by atoms with van der Waals surface area (Å²) in [6.07, 6.45) is 12.0. The van der Waals surface area contributed by atoms with Gasteiger partial charge in [0.05, 0.1) is 9.79 Å². The molecule has 218 valence electrons. The monoisotopic (exact) mass is 588 g/mol. The predicted molar refractivity (Wildman–Crippen MR) is 156 cm³/mol. The van der Waals surface area contributed by atoms with E-state index in [2.05, 4.69) is 10.5 Å². The van der Waals surface area contributed by atoms with Crippen LogP contribution in [0, 0.1) is 0 Å². The van der Waals surface area contributed by atoms with Crippen molar-refractivity contribution in [2.24, 2.45) is 5.10 Å². The third-order valence-corrected chi connectivity index (χ3v) is 11.4. The number of hydrogen-bond acceptors (Lipinski definition) is 6. The van der Waals surface area contributed by atoms with Crippen LogP contribution in [0.4, 0.5) is 0 Å². The van der Waals surface area contributed by atoms with Gasteiger partial charge in [-0.15, -0.1) is 0 Å². The summed E-state index contributed by atoms with van der Waals surface area (Å²) in [6, 6.07) is 14.6. The molecule has 0 bridgehead atoms. The van der Waals surface area contributed by atoms with Gasteiger partial charge in [-0.2, -0.15) is 13.7 Å². The van der Waals surface area contributed by atoms with Crippen molar-refractivity contribution in [2.45, 2.75) is 86.5 Å². The number of amides is 1. The molecule has 1 aliphatic carbocycles. The molecule has 2 fully saturated rings. The summed E-state index contributed by atoms with van der Waals surface area (Å²) in [5, 5.41) is 4.45. The lowest BCUT2D eigenvalue weighted by molar-refractivity contribution is -0.125. The van der Waals surface area contributed by atoms with Crippen molar-refractivity contribution < 1.29 is 21.6 Å². The average Bonchev–Trinajstić information content (AvgIpc) is 2.97. The average molecular weight is 589 g/mol. The van der Waals surface area contributed by atoms with Gasteiger partial charge in [0.2, 0.25) is 20.0 Å². The van der Waals surface area contributed by atoms with Gasteiger partial charge in [-0.05, 0) is 49.9 Å². The summed E-state index contributed by atoms with van der Waals surface area (Å²) in [6.45, 7) is -0.528. The Balaban J connectivity index is 1.57. The SMILES string of the molecule is O=C(NN=C1CCCCCCCCCCC1)[C@@H]1CN(S(=O)(=O)c2ccccc2)CCN1S(=O)(=O)c1ccccc1. The number of hydrogen-bond donors (Lipinski definition) is 1. The number of piperazine rings is 1. The Hall–Kier alpha value is -2.60. The zero-order valence-corrected chi connectivity index (χ0v) is 24.6. The standard InChI is InChI=1S/C29H40N4O5S2/c34-29(31-30-25-16-10-6-4-2-1-3-5-7-11-17-25)28-24-32(39(35,36)26-18-12-8-13-19-26)22-23-33(28)40(37,38)27-20-14-9-15-21-27/h8-9,12-15,18-21,28H,1-7,10-11,16-17,22-24H2,(H,31,34)/t28-/m0/s1. The number of nitrogens with one attached hydrogen (secondary N) is 1. The van der Waals surface area contributed by atoms with Crippen LogP contribution in [-0.2, 0) is 24.8 Å². The molecule has 1 amide bonds. The highest BCUT2D eigenvalue weighted by atomic mass is 32.2. The lowest BCUT2D eigenvalue weighted by atomic mass is 10.00. The van der Waals surface area contributed by atoms with E-state index in [1.54, 1.807) is 36.4 Å².